The zero-order valence-corrected chi connectivity index (χ0v) is 24.4. The molecule has 0 unspecified atom stereocenters. The lowest BCUT2D eigenvalue weighted by Gasteiger charge is -2.44. The molecule has 3 atom stereocenters. The van der Waals surface area contributed by atoms with Gasteiger partial charge in [0.05, 0.1) is 30.3 Å². The fourth-order valence-corrected chi connectivity index (χ4v) is 6.04. The van der Waals surface area contributed by atoms with Crippen LogP contribution in [0.1, 0.15) is 48.8 Å². The number of alkyl halides is 3. The molecule has 234 valence electrons. The predicted octanol–water partition coefficient (Wildman–Crippen LogP) is 6.37. The van der Waals surface area contributed by atoms with E-state index >= 15 is 0 Å². The summed E-state index contributed by atoms with van der Waals surface area (Å²) in [5.41, 5.74) is 7.08. The van der Waals surface area contributed by atoms with Crippen LogP contribution in [0, 0.1) is 11.7 Å². The average molecular weight is 623 g/mol. The Morgan fingerprint density at radius 3 is 2.09 bits per heavy atom. The van der Waals surface area contributed by atoms with E-state index in [0.717, 1.165) is 12.1 Å². The second-order valence-corrected chi connectivity index (χ2v) is 10.6. The number of Topliss-reactive ketones (excluding diaryl/α,β-unsaturated/α-hetero) is 1. The number of nitrogens with two attached hydrogens (primary N) is 1. The number of esters is 2. The minimum Gasteiger partial charge on any atom is -0.465 e. The summed E-state index contributed by atoms with van der Waals surface area (Å²) in [4.78, 5) is 43.1. The highest BCUT2D eigenvalue weighted by Crippen LogP contribution is 2.51. The molecule has 0 spiro atoms. The first-order valence-corrected chi connectivity index (χ1v) is 14.4. The summed E-state index contributed by atoms with van der Waals surface area (Å²) in [6, 6.07) is 18.1. The molecule has 1 aliphatic carbocycles. The first-order valence-electron chi connectivity index (χ1n) is 14.4. The van der Waals surface area contributed by atoms with Gasteiger partial charge in [-0.2, -0.15) is 13.2 Å². The summed E-state index contributed by atoms with van der Waals surface area (Å²) in [5, 5.41) is 0. The van der Waals surface area contributed by atoms with Crippen LogP contribution in [0.2, 0.25) is 0 Å². The Bertz CT molecular complexity index is 1670. The average Bonchev–Trinajstić information content (AvgIpc) is 3.01. The molecule has 5 rings (SSSR count). The molecule has 2 aliphatic rings. The van der Waals surface area contributed by atoms with Gasteiger partial charge in [0.1, 0.15) is 17.6 Å². The van der Waals surface area contributed by atoms with Gasteiger partial charge < -0.3 is 15.2 Å². The Morgan fingerprint density at radius 2 is 1.51 bits per heavy atom. The van der Waals surface area contributed by atoms with Crippen molar-refractivity contribution in [3.8, 4) is 0 Å². The fourth-order valence-electron chi connectivity index (χ4n) is 6.04. The van der Waals surface area contributed by atoms with E-state index in [1.54, 1.807) is 44.2 Å². The molecule has 0 radical (unpaired) electrons. The van der Waals surface area contributed by atoms with E-state index in [1.807, 2.05) is 0 Å². The molecule has 45 heavy (non-hydrogen) atoms. The highest BCUT2D eigenvalue weighted by Gasteiger charge is 2.51. The van der Waals surface area contributed by atoms with Gasteiger partial charge in [-0.15, -0.1) is 0 Å². The SMILES string of the molecule is CCOC(=O)C1=C(N)N(c2ccc(C(F)(F)F)cc2)C2=C(C(=O)[C@@H](C(=O)OCC)[C@H](c3ccccc3)C2)[C@@H]1c1ccc(F)cc1. The smallest absolute Gasteiger partial charge is 0.416 e. The van der Waals surface area contributed by atoms with Gasteiger partial charge in [0, 0.05) is 22.9 Å². The maximum absolute atomic E-state index is 14.7. The van der Waals surface area contributed by atoms with E-state index in [4.69, 9.17) is 15.2 Å². The van der Waals surface area contributed by atoms with Crippen LogP contribution in [0.25, 0.3) is 0 Å². The molecule has 7 nitrogen and oxygen atoms in total. The van der Waals surface area contributed by atoms with E-state index in [9.17, 15) is 31.9 Å². The Morgan fingerprint density at radius 1 is 0.889 bits per heavy atom. The molecule has 0 saturated carbocycles. The molecule has 3 aromatic rings. The lowest BCUT2D eigenvalue weighted by atomic mass is 9.67. The van der Waals surface area contributed by atoms with Gasteiger partial charge in [0.15, 0.2) is 5.78 Å². The normalized spacial score (nSPS) is 20.2. The third-order valence-corrected chi connectivity index (χ3v) is 7.96. The first kappa shape index (κ1) is 31.5. The number of carbonyl (C=O) groups is 3. The maximum atomic E-state index is 14.7. The van der Waals surface area contributed by atoms with E-state index < -0.39 is 53.0 Å². The number of allylic oxidation sites excluding steroid dienone is 2. The molecule has 0 fully saturated rings. The number of halogens is 4. The monoisotopic (exact) mass is 622 g/mol. The Balaban J connectivity index is 1.81. The topological polar surface area (TPSA) is 98.9 Å². The highest BCUT2D eigenvalue weighted by atomic mass is 19.4. The van der Waals surface area contributed by atoms with Crippen LogP contribution in [-0.4, -0.2) is 30.9 Å². The predicted molar refractivity (Wildman–Crippen MR) is 157 cm³/mol. The van der Waals surface area contributed by atoms with Gasteiger partial charge in [-0.1, -0.05) is 42.5 Å². The molecule has 1 heterocycles. The van der Waals surface area contributed by atoms with Crippen molar-refractivity contribution in [2.75, 3.05) is 18.1 Å². The number of anilines is 1. The molecular formula is C34H30F4N2O5. The molecule has 1 aliphatic heterocycles. The molecule has 3 aromatic carbocycles. The number of carbonyl (C=O) groups excluding carboxylic acids is 3. The van der Waals surface area contributed by atoms with Gasteiger partial charge in [0.2, 0.25) is 0 Å². The summed E-state index contributed by atoms with van der Waals surface area (Å²) in [5.74, 6) is -6.25. The summed E-state index contributed by atoms with van der Waals surface area (Å²) < 4.78 is 65.1. The number of ether oxygens (including phenoxy) is 2. The van der Waals surface area contributed by atoms with Gasteiger partial charge in [-0.3, -0.25) is 14.5 Å². The summed E-state index contributed by atoms with van der Waals surface area (Å²) >= 11 is 0. The lowest BCUT2D eigenvalue weighted by molar-refractivity contribution is -0.152. The molecule has 0 amide bonds. The maximum Gasteiger partial charge on any atom is 0.416 e. The third-order valence-electron chi connectivity index (χ3n) is 7.96. The molecular weight excluding hydrogens is 592 g/mol. The van der Waals surface area contributed by atoms with Crippen molar-refractivity contribution in [2.45, 2.75) is 38.3 Å². The summed E-state index contributed by atoms with van der Waals surface area (Å²) in [7, 11) is 0. The number of benzene rings is 3. The Labute approximate surface area is 256 Å². The van der Waals surface area contributed by atoms with Crippen molar-refractivity contribution < 1.29 is 41.4 Å². The fraction of sp³-hybridized carbons (Fsp3) is 0.265. The number of hydrogen-bond acceptors (Lipinski definition) is 7. The zero-order chi connectivity index (χ0) is 32.5. The van der Waals surface area contributed by atoms with Gasteiger partial charge >= 0.3 is 18.1 Å². The largest absolute Gasteiger partial charge is 0.465 e. The van der Waals surface area contributed by atoms with Crippen molar-refractivity contribution in [1.29, 1.82) is 0 Å². The molecule has 0 bridgehead atoms. The summed E-state index contributed by atoms with van der Waals surface area (Å²) in [6.45, 7) is 3.16. The zero-order valence-electron chi connectivity index (χ0n) is 24.4. The molecule has 2 N–H and O–H groups in total. The van der Waals surface area contributed by atoms with Crippen molar-refractivity contribution in [3.63, 3.8) is 0 Å². The standard InChI is InChI=1S/C34H30F4N2O5/c1-3-44-32(42)27-24(19-8-6-5-7-9-19)18-25-28(30(27)41)26(20-10-14-22(35)15-11-20)29(33(43)45-4-2)31(39)40(25)23-16-12-21(13-17-23)34(36,37)38/h5-17,24,26-27H,3-4,18,39H2,1-2H3/t24-,26-,27-/m0/s1. The van der Waals surface area contributed by atoms with E-state index in [2.05, 4.69) is 0 Å². The van der Waals surface area contributed by atoms with Crippen molar-refractivity contribution >= 4 is 23.4 Å². The lowest BCUT2D eigenvalue weighted by Crippen LogP contribution is -2.46. The van der Waals surface area contributed by atoms with Crippen LogP contribution >= 0.6 is 0 Å². The van der Waals surface area contributed by atoms with Gasteiger partial charge in [-0.25, -0.2) is 9.18 Å². The minimum absolute atomic E-state index is 0.00994. The van der Waals surface area contributed by atoms with Gasteiger partial charge in [-0.05, 0) is 67.8 Å². The minimum atomic E-state index is -4.61. The van der Waals surface area contributed by atoms with E-state index in [1.165, 1.54) is 41.3 Å². The van der Waals surface area contributed by atoms with Crippen LogP contribution in [-0.2, 0) is 30.0 Å². The number of hydrogen-bond donors (Lipinski definition) is 1. The number of rotatable bonds is 7. The Kier molecular flexibility index (Phi) is 8.81. The van der Waals surface area contributed by atoms with Crippen LogP contribution in [0.15, 0.2) is 102 Å². The molecule has 0 aromatic heterocycles. The summed E-state index contributed by atoms with van der Waals surface area (Å²) in [6.07, 6.45) is -4.58. The van der Waals surface area contributed by atoms with Crippen molar-refractivity contribution in [2.24, 2.45) is 11.7 Å². The van der Waals surface area contributed by atoms with Crippen molar-refractivity contribution in [3.05, 3.63) is 124 Å². The van der Waals surface area contributed by atoms with Crippen LogP contribution < -0.4 is 10.6 Å². The van der Waals surface area contributed by atoms with E-state index in [0.29, 0.717) is 11.1 Å². The second kappa shape index (κ2) is 12.6. The van der Waals surface area contributed by atoms with Crippen LogP contribution in [0.4, 0.5) is 23.2 Å². The number of ketones is 1. The van der Waals surface area contributed by atoms with Crippen LogP contribution in [0.3, 0.4) is 0 Å². The van der Waals surface area contributed by atoms with Crippen LogP contribution in [0.5, 0.6) is 0 Å². The number of nitrogens with zero attached hydrogens (tertiary/aromatic N) is 1. The van der Waals surface area contributed by atoms with Gasteiger partial charge in [0.25, 0.3) is 0 Å². The highest BCUT2D eigenvalue weighted by molar-refractivity contribution is 6.14. The van der Waals surface area contributed by atoms with Crippen molar-refractivity contribution in [1.82, 2.24) is 0 Å². The quantitative estimate of drug-likeness (QED) is 0.186. The first-order chi connectivity index (χ1) is 21.5. The van der Waals surface area contributed by atoms with E-state index in [-0.39, 0.29) is 48.0 Å². The second-order valence-electron chi connectivity index (χ2n) is 10.6. The third kappa shape index (κ3) is 5.94. The Hall–Kier alpha value is -4.93. The molecule has 11 heteroatoms. The molecule has 0 saturated heterocycles.